The number of ether oxygens (including phenoxy) is 1. The number of nitrogens with two attached hydrogens (primary N) is 2. The molecule has 12 nitrogen and oxygen atoms in total. The number of nitrogens with zero attached hydrogens (tertiary/aromatic N) is 1. The molecule has 4 atom stereocenters. The summed E-state index contributed by atoms with van der Waals surface area (Å²) < 4.78 is 57.7. The number of hydrogen-bond acceptors (Lipinski definition) is 8. The number of phosphoric ester groups is 1. The maximum absolute atomic E-state index is 14.1. The third-order valence-corrected chi connectivity index (χ3v) is 8.65. The number of amides is 1. The van der Waals surface area contributed by atoms with Crippen LogP contribution in [0.1, 0.15) is 51.3 Å². The predicted molar refractivity (Wildman–Crippen MR) is 144 cm³/mol. The fourth-order valence-electron chi connectivity index (χ4n) is 4.69. The minimum Gasteiger partial charge on any atom is -0.468 e. The topological polar surface area (TPSA) is 196 Å². The Morgan fingerprint density at radius 2 is 1.92 bits per heavy atom. The average Bonchev–Trinajstić information content (AvgIpc) is 3.37. The molecule has 1 aliphatic carbocycles. The van der Waals surface area contributed by atoms with Gasteiger partial charge in [0.15, 0.2) is 0 Å². The number of furan rings is 1. The molecule has 1 aliphatic rings. The van der Waals surface area contributed by atoms with Crippen molar-refractivity contribution in [1.29, 1.82) is 0 Å². The van der Waals surface area contributed by atoms with E-state index in [2.05, 4.69) is 0 Å². The molecule has 0 aliphatic heterocycles. The Labute approximate surface area is 228 Å². The SMILES string of the molecule is CC(C)CN([C@@H](c1ccco1)[C@@H](OP(=O)(O)O)[C@H](CC1C=CCCC1)OC(N)=O)S(=O)(=O)c1ccc(N)cc1. The number of anilines is 1. The van der Waals surface area contributed by atoms with Crippen molar-refractivity contribution in [3.63, 3.8) is 0 Å². The van der Waals surface area contributed by atoms with E-state index in [-0.39, 0.29) is 35.5 Å². The number of carbonyl (C=O) groups is 1. The highest BCUT2D eigenvalue weighted by Crippen LogP contribution is 2.46. The highest BCUT2D eigenvalue weighted by atomic mass is 32.2. The number of allylic oxidation sites excluding steroid dienone is 2. The largest absolute Gasteiger partial charge is 0.470 e. The van der Waals surface area contributed by atoms with Gasteiger partial charge in [-0.1, -0.05) is 26.0 Å². The lowest BCUT2D eigenvalue weighted by Gasteiger charge is -2.39. The fourth-order valence-corrected chi connectivity index (χ4v) is 7.02. The van der Waals surface area contributed by atoms with E-state index >= 15 is 0 Å². The minimum absolute atomic E-state index is 0.0328. The summed E-state index contributed by atoms with van der Waals surface area (Å²) in [5.41, 5.74) is 11.5. The van der Waals surface area contributed by atoms with Crippen molar-refractivity contribution in [2.45, 2.75) is 62.7 Å². The van der Waals surface area contributed by atoms with Gasteiger partial charge in [-0.3, -0.25) is 4.52 Å². The van der Waals surface area contributed by atoms with Gasteiger partial charge < -0.3 is 30.4 Å². The van der Waals surface area contributed by atoms with E-state index in [0.29, 0.717) is 5.69 Å². The average molecular weight is 586 g/mol. The van der Waals surface area contributed by atoms with E-state index < -0.39 is 42.2 Å². The summed E-state index contributed by atoms with van der Waals surface area (Å²) in [6.45, 7) is 3.48. The minimum atomic E-state index is -5.26. The summed E-state index contributed by atoms with van der Waals surface area (Å²) in [5, 5.41) is 0. The van der Waals surface area contributed by atoms with Crippen LogP contribution in [-0.4, -0.2) is 47.4 Å². The summed E-state index contributed by atoms with van der Waals surface area (Å²) in [6, 6.07) is 7.05. The summed E-state index contributed by atoms with van der Waals surface area (Å²) in [5.74, 6) is -0.334. The molecular formula is C25H36N3O9PS. The van der Waals surface area contributed by atoms with Crippen LogP contribution in [0.5, 0.6) is 0 Å². The molecule has 1 amide bonds. The normalized spacial score (nSPS) is 18.7. The van der Waals surface area contributed by atoms with Crippen molar-refractivity contribution in [2.24, 2.45) is 17.6 Å². The van der Waals surface area contributed by atoms with Gasteiger partial charge >= 0.3 is 13.9 Å². The van der Waals surface area contributed by atoms with Crippen LogP contribution in [-0.2, 0) is 23.8 Å². The molecule has 0 fully saturated rings. The summed E-state index contributed by atoms with van der Waals surface area (Å²) >= 11 is 0. The molecule has 2 aromatic rings. The van der Waals surface area contributed by atoms with Crippen LogP contribution in [0.4, 0.5) is 10.5 Å². The summed E-state index contributed by atoms with van der Waals surface area (Å²) in [7, 11) is -9.60. The lowest BCUT2D eigenvalue weighted by molar-refractivity contribution is -0.0408. The standard InChI is InChI=1S/C25H36N3O9PS/c1-17(2)16-28(39(33,34)20-12-10-19(26)11-13-20)23(21-9-6-14-35-21)24(37-38(30,31)32)22(36-25(27)29)15-18-7-4-3-5-8-18/h4,6-7,9-14,17-18,22-24H,3,5,8,15-16,26H2,1-2H3,(H2,27,29)(H2,30,31,32)/t18?,22-,23-,24-/m0/s1. The Kier molecular flexibility index (Phi) is 10.4. The molecule has 14 heteroatoms. The van der Waals surface area contributed by atoms with Crippen molar-refractivity contribution in [3.8, 4) is 0 Å². The Morgan fingerprint density at radius 3 is 2.44 bits per heavy atom. The van der Waals surface area contributed by atoms with Gasteiger partial charge in [0.2, 0.25) is 10.0 Å². The van der Waals surface area contributed by atoms with Crippen LogP contribution < -0.4 is 11.5 Å². The van der Waals surface area contributed by atoms with Gasteiger partial charge in [0.25, 0.3) is 0 Å². The molecule has 1 aromatic heterocycles. The van der Waals surface area contributed by atoms with Gasteiger partial charge in [-0.15, -0.1) is 0 Å². The first-order valence-electron chi connectivity index (χ1n) is 12.6. The lowest BCUT2D eigenvalue weighted by atomic mass is 9.87. The number of primary amides is 1. The van der Waals surface area contributed by atoms with Crippen molar-refractivity contribution in [1.82, 2.24) is 4.31 Å². The van der Waals surface area contributed by atoms with Crippen molar-refractivity contribution in [2.75, 3.05) is 12.3 Å². The zero-order valence-electron chi connectivity index (χ0n) is 21.8. The number of carbonyl (C=O) groups excluding carboxylic acids is 1. The third kappa shape index (κ3) is 8.66. The molecule has 39 heavy (non-hydrogen) atoms. The Morgan fingerprint density at radius 1 is 1.23 bits per heavy atom. The third-order valence-electron chi connectivity index (χ3n) is 6.27. The van der Waals surface area contributed by atoms with Gasteiger partial charge in [0.05, 0.1) is 11.2 Å². The number of sulfonamides is 1. The zero-order valence-corrected chi connectivity index (χ0v) is 23.5. The summed E-state index contributed by atoms with van der Waals surface area (Å²) in [6.07, 6.45) is 3.50. The van der Waals surface area contributed by atoms with Crippen molar-refractivity contribution < 1.29 is 41.2 Å². The number of phosphoric acid groups is 1. The number of hydrogen-bond donors (Lipinski definition) is 4. The molecule has 1 heterocycles. The molecule has 1 aromatic carbocycles. The zero-order chi connectivity index (χ0) is 28.8. The lowest BCUT2D eigenvalue weighted by Crippen LogP contribution is -2.49. The smallest absolute Gasteiger partial charge is 0.468 e. The Bertz CT molecular complexity index is 1260. The van der Waals surface area contributed by atoms with Gasteiger partial charge in [-0.25, -0.2) is 17.8 Å². The Hall–Kier alpha value is -2.67. The summed E-state index contributed by atoms with van der Waals surface area (Å²) in [4.78, 5) is 31.7. The molecule has 3 rings (SSSR count). The molecule has 216 valence electrons. The van der Waals surface area contributed by atoms with E-state index in [1.165, 1.54) is 42.7 Å². The van der Waals surface area contributed by atoms with Crippen LogP contribution in [0.2, 0.25) is 0 Å². The Balaban J connectivity index is 2.22. The van der Waals surface area contributed by atoms with E-state index in [9.17, 15) is 27.6 Å². The van der Waals surface area contributed by atoms with E-state index in [1.54, 1.807) is 13.8 Å². The molecule has 0 radical (unpaired) electrons. The first-order valence-corrected chi connectivity index (χ1v) is 15.5. The molecule has 0 saturated carbocycles. The first-order chi connectivity index (χ1) is 18.3. The molecule has 0 saturated heterocycles. The highest BCUT2D eigenvalue weighted by Gasteiger charge is 2.47. The second-order valence-electron chi connectivity index (χ2n) is 9.89. The maximum Gasteiger partial charge on any atom is 0.470 e. The number of nitrogen functional groups attached to an aromatic ring is 1. The molecule has 0 spiro atoms. The molecule has 0 bridgehead atoms. The monoisotopic (exact) mass is 585 g/mol. The number of benzene rings is 1. The second-order valence-corrected chi connectivity index (χ2v) is 13.0. The molecule has 6 N–H and O–H groups in total. The molecular weight excluding hydrogens is 549 g/mol. The van der Waals surface area contributed by atoms with E-state index in [0.717, 1.165) is 23.6 Å². The van der Waals surface area contributed by atoms with E-state index in [4.69, 9.17) is 25.1 Å². The van der Waals surface area contributed by atoms with Gasteiger partial charge in [0.1, 0.15) is 24.0 Å². The number of rotatable bonds is 13. The second kappa shape index (κ2) is 13.1. The van der Waals surface area contributed by atoms with Crippen LogP contribution in [0, 0.1) is 11.8 Å². The van der Waals surface area contributed by atoms with Gasteiger partial charge in [0, 0.05) is 12.2 Å². The van der Waals surface area contributed by atoms with Gasteiger partial charge in [-0.2, -0.15) is 4.31 Å². The first kappa shape index (κ1) is 30.9. The van der Waals surface area contributed by atoms with Crippen LogP contribution in [0.25, 0.3) is 0 Å². The maximum atomic E-state index is 14.1. The van der Waals surface area contributed by atoms with Crippen molar-refractivity contribution in [3.05, 3.63) is 60.6 Å². The van der Waals surface area contributed by atoms with Crippen molar-refractivity contribution >= 4 is 29.6 Å². The molecule has 1 unspecified atom stereocenters. The fraction of sp³-hybridized carbons (Fsp3) is 0.480. The highest BCUT2D eigenvalue weighted by molar-refractivity contribution is 7.89. The van der Waals surface area contributed by atoms with Crippen LogP contribution >= 0.6 is 7.82 Å². The van der Waals surface area contributed by atoms with Crippen LogP contribution in [0.3, 0.4) is 0 Å². The predicted octanol–water partition coefficient (Wildman–Crippen LogP) is 3.94. The van der Waals surface area contributed by atoms with Crippen LogP contribution in [0.15, 0.2) is 64.1 Å². The van der Waals surface area contributed by atoms with Gasteiger partial charge in [-0.05, 0) is 73.9 Å². The quantitative estimate of drug-likeness (QED) is 0.152. The van der Waals surface area contributed by atoms with E-state index in [1.807, 2.05) is 12.2 Å².